The number of hydrogen-bond donors (Lipinski definition) is 2. The summed E-state index contributed by atoms with van der Waals surface area (Å²) in [6.45, 7) is 7.25. The Kier molecular flexibility index (Phi) is 4.62. The van der Waals surface area contributed by atoms with Crippen LogP contribution in [-0.4, -0.2) is 64.1 Å². The van der Waals surface area contributed by atoms with Gasteiger partial charge in [-0.25, -0.2) is 4.98 Å². The third kappa shape index (κ3) is 4.43. The molecule has 0 spiro atoms. The summed E-state index contributed by atoms with van der Waals surface area (Å²) in [4.78, 5) is 20.3. The highest BCUT2D eigenvalue weighted by Crippen LogP contribution is 2.14. The molecular weight excluding hydrogens is 276 g/mol. The van der Waals surface area contributed by atoms with Crippen molar-refractivity contribution in [3.05, 3.63) is 11.1 Å². The molecule has 0 saturated carbocycles. The first kappa shape index (κ1) is 15.2. The Balaban J connectivity index is 1.80. The second-order valence-corrected chi connectivity index (χ2v) is 6.71. The number of rotatable bonds is 4. The Bertz CT molecular complexity index is 461. The zero-order chi connectivity index (χ0) is 14.8. The lowest BCUT2D eigenvalue weighted by molar-refractivity contribution is -0.132. The highest BCUT2D eigenvalue weighted by molar-refractivity contribution is 7.13. The van der Waals surface area contributed by atoms with Gasteiger partial charge < -0.3 is 15.7 Å². The molecule has 20 heavy (non-hydrogen) atoms. The predicted molar refractivity (Wildman–Crippen MR) is 79.5 cm³/mol. The number of nitrogens with two attached hydrogens (primary N) is 1. The molecular formula is C13H22N4O2S. The molecule has 1 fully saturated rings. The predicted octanol–water partition coefficient (Wildman–Crippen LogP) is 0.183. The summed E-state index contributed by atoms with van der Waals surface area (Å²) < 4.78 is 0. The molecule has 2 heterocycles. The van der Waals surface area contributed by atoms with Gasteiger partial charge in [0.25, 0.3) is 0 Å². The molecule has 1 aliphatic rings. The van der Waals surface area contributed by atoms with Gasteiger partial charge in [0.15, 0.2) is 5.13 Å². The van der Waals surface area contributed by atoms with Crippen molar-refractivity contribution in [3.8, 4) is 0 Å². The van der Waals surface area contributed by atoms with Gasteiger partial charge in [-0.3, -0.25) is 9.69 Å². The number of amides is 1. The first-order valence-electron chi connectivity index (χ1n) is 6.76. The van der Waals surface area contributed by atoms with Crippen LogP contribution in [0.5, 0.6) is 0 Å². The molecule has 0 aromatic carbocycles. The van der Waals surface area contributed by atoms with Crippen molar-refractivity contribution in [2.45, 2.75) is 25.9 Å². The second kappa shape index (κ2) is 6.07. The van der Waals surface area contributed by atoms with Crippen LogP contribution in [0.4, 0.5) is 5.13 Å². The number of hydrogen-bond acceptors (Lipinski definition) is 6. The molecule has 1 aromatic rings. The average molecular weight is 298 g/mol. The maximum Gasteiger partial charge on any atom is 0.228 e. The number of anilines is 1. The van der Waals surface area contributed by atoms with Gasteiger partial charge in [0.2, 0.25) is 5.91 Å². The van der Waals surface area contributed by atoms with Gasteiger partial charge in [-0.15, -0.1) is 11.3 Å². The van der Waals surface area contributed by atoms with E-state index in [1.165, 1.54) is 11.3 Å². The number of piperazine rings is 1. The van der Waals surface area contributed by atoms with E-state index in [-0.39, 0.29) is 5.91 Å². The number of carbonyl (C=O) groups excluding carboxylic acids is 1. The first-order valence-corrected chi connectivity index (χ1v) is 7.64. The molecule has 0 aliphatic carbocycles. The number of β-amino-alcohol motifs (C(OH)–C–C–N with tert-alkyl or cyclic N) is 1. The minimum Gasteiger partial charge on any atom is -0.389 e. The zero-order valence-corrected chi connectivity index (χ0v) is 12.8. The fourth-order valence-corrected chi connectivity index (χ4v) is 2.94. The quantitative estimate of drug-likeness (QED) is 0.829. The summed E-state index contributed by atoms with van der Waals surface area (Å²) in [6.07, 6.45) is 0.319. The van der Waals surface area contributed by atoms with Crippen molar-refractivity contribution in [2.24, 2.45) is 0 Å². The van der Waals surface area contributed by atoms with Crippen LogP contribution in [0.2, 0.25) is 0 Å². The normalized spacial score (nSPS) is 17.4. The molecule has 0 atom stereocenters. The smallest absolute Gasteiger partial charge is 0.228 e. The topological polar surface area (TPSA) is 82.7 Å². The van der Waals surface area contributed by atoms with Crippen LogP contribution in [0.3, 0.4) is 0 Å². The van der Waals surface area contributed by atoms with Crippen LogP contribution >= 0.6 is 11.3 Å². The largest absolute Gasteiger partial charge is 0.389 e. The van der Waals surface area contributed by atoms with Gasteiger partial charge in [0, 0.05) is 38.1 Å². The molecule has 0 bridgehead atoms. The monoisotopic (exact) mass is 298 g/mol. The molecule has 6 nitrogen and oxygen atoms in total. The number of nitrogen functional groups attached to an aromatic ring is 1. The molecule has 3 N–H and O–H groups in total. The van der Waals surface area contributed by atoms with Crippen molar-refractivity contribution >= 4 is 22.4 Å². The van der Waals surface area contributed by atoms with Gasteiger partial charge in [0.05, 0.1) is 17.7 Å². The van der Waals surface area contributed by atoms with E-state index < -0.39 is 5.60 Å². The number of carbonyl (C=O) groups is 1. The van der Waals surface area contributed by atoms with Crippen molar-refractivity contribution in [1.82, 2.24) is 14.8 Å². The van der Waals surface area contributed by atoms with Gasteiger partial charge in [-0.1, -0.05) is 0 Å². The van der Waals surface area contributed by atoms with Crippen molar-refractivity contribution in [2.75, 3.05) is 38.5 Å². The molecule has 1 saturated heterocycles. The number of aliphatic hydroxyl groups is 1. The minimum absolute atomic E-state index is 0.0956. The van der Waals surface area contributed by atoms with Gasteiger partial charge in [-0.05, 0) is 13.8 Å². The van der Waals surface area contributed by atoms with Crippen LogP contribution in [0.1, 0.15) is 19.5 Å². The summed E-state index contributed by atoms with van der Waals surface area (Å²) in [5.41, 5.74) is 5.62. The molecule has 7 heteroatoms. The SMILES string of the molecule is CC(C)(O)CN1CCN(C(=O)Cc2csc(N)n2)CC1. The Hall–Kier alpha value is -1.18. The minimum atomic E-state index is -0.690. The van der Waals surface area contributed by atoms with E-state index in [1.807, 2.05) is 10.3 Å². The number of aromatic nitrogens is 1. The maximum absolute atomic E-state index is 12.2. The van der Waals surface area contributed by atoms with Crippen LogP contribution in [0.15, 0.2) is 5.38 Å². The first-order chi connectivity index (χ1) is 9.33. The lowest BCUT2D eigenvalue weighted by atomic mass is 10.1. The Morgan fingerprint density at radius 1 is 1.45 bits per heavy atom. The molecule has 0 unspecified atom stereocenters. The maximum atomic E-state index is 12.2. The van der Waals surface area contributed by atoms with E-state index in [2.05, 4.69) is 9.88 Å². The number of thiazole rings is 1. The summed E-state index contributed by atoms with van der Waals surface area (Å²) in [5.74, 6) is 0.0956. The third-order valence-corrected chi connectivity index (χ3v) is 3.96. The van der Waals surface area contributed by atoms with Crippen molar-refractivity contribution in [1.29, 1.82) is 0 Å². The van der Waals surface area contributed by atoms with E-state index in [9.17, 15) is 9.90 Å². The molecule has 2 rings (SSSR count). The Labute approximate surface area is 123 Å². The molecule has 1 aliphatic heterocycles. The highest BCUT2D eigenvalue weighted by Gasteiger charge is 2.25. The second-order valence-electron chi connectivity index (χ2n) is 5.82. The summed E-state index contributed by atoms with van der Waals surface area (Å²) >= 11 is 1.36. The number of nitrogens with zero attached hydrogens (tertiary/aromatic N) is 3. The lowest BCUT2D eigenvalue weighted by Crippen LogP contribution is -2.52. The van der Waals surface area contributed by atoms with Crippen LogP contribution in [0, 0.1) is 0 Å². The van der Waals surface area contributed by atoms with Gasteiger partial charge >= 0.3 is 0 Å². The summed E-state index contributed by atoms with van der Waals surface area (Å²) in [6, 6.07) is 0. The fraction of sp³-hybridized carbons (Fsp3) is 0.692. The van der Waals surface area contributed by atoms with E-state index in [1.54, 1.807) is 13.8 Å². The molecule has 1 amide bonds. The summed E-state index contributed by atoms with van der Waals surface area (Å²) in [5, 5.41) is 12.1. The van der Waals surface area contributed by atoms with E-state index >= 15 is 0 Å². The summed E-state index contributed by atoms with van der Waals surface area (Å²) in [7, 11) is 0. The average Bonchev–Trinajstić information content (AvgIpc) is 2.73. The van der Waals surface area contributed by atoms with Crippen LogP contribution < -0.4 is 5.73 Å². The van der Waals surface area contributed by atoms with Gasteiger partial charge in [0.1, 0.15) is 0 Å². The molecule has 0 radical (unpaired) electrons. The van der Waals surface area contributed by atoms with Crippen LogP contribution in [-0.2, 0) is 11.2 Å². The van der Waals surface area contributed by atoms with Crippen molar-refractivity contribution in [3.63, 3.8) is 0 Å². The van der Waals surface area contributed by atoms with Crippen molar-refractivity contribution < 1.29 is 9.90 Å². The van der Waals surface area contributed by atoms with Crippen LogP contribution in [0.25, 0.3) is 0 Å². The molecule has 1 aromatic heterocycles. The van der Waals surface area contributed by atoms with Gasteiger partial charge in [-0.2, -0.15) is 0 Å². The Morgan fingerprint density at radius 2 is 2.10 bits per heavy atom. The lowest BCUT2D eigenvalue weighted by Gasteiger charge is -2.37. The standard InChI is InChI=1S/C13H22N4O2S/c1-13(2,19)9-16-3-5-17(6-4-16)11(18)7-10-8-20-12(14)15-10/h8,19H,3-7,9H2,1-2H3,(H2,14,15). The van der Waals surface area contributed by atoms with E-state index in [0.717, 1.165) is 18.8 Å². The fourth-order valence-electron chi connectivity index (χ4n) is 2.37. The highest BCUT2D eigenvalue weighted by atomic mass is 32.1. The third-order valence-electron chi connectivity index (χ3n) is 3.24. The van der Waals surface area contributed by atoms with E-state index in [0.29, 0.717) is 31.2 Å². The Morgan fingerprint density at radius 3 is 2.60 bits per heavy atom. The molecule has 112 valence electrons. The van der Waals surface area contributed by atoms with E-state index in [4.69, 9.17) is 5.73 Å². The zero-order valence-electron chi connectivity index (χ0n) is 12.0.